The number of benzene rings is 1. The summed E-state index contributed by atoms with van der Waals surface area (Å²) in [6, 6.07) is 5.90. The summed E-state index contributed by atoms with van der Waals surface area (Å²) in [5, 5.41) is 2.59. The Morgan fingerprint density at radius 2 is 1.93 bits per heavy atom. The molecule has 1 rings (SSSR count). The number of rotatable bonds is 12. The molecule has 158 valence electrons. The molecule has 1 N–H and O–H groups in total. The zero-order valence-corrected chi connectivity index (χ0v) is 17.5. The van der Waals surface area contributed by atoms with E-state index in [-0.39, 0.29) is 24.2 Å². The van der Waals surface area contributed by atoms with Crippen molar-refractivity contribution in [3.63, 3.8) is 0 Å². The van der Waals surface area contributed by atoms with E-state index >= 15 is 0 Å². The molecule has 1 amide bonds. The number of hydrogen-bond acceptors (Lipinski definition) is 5. The maximum absolute atomic E-state index is 13.8. The molecular formula is C21H34FN3O3. The van der Waals surface area contributed by atoms with Crippen molar-refractivity contribution in [1.82, 2.24) is 10.2 Å². The topological polar surface area (TPSA) is 63.2 Å². The molecule has 1 aromatic carbocycles. The highest BCUT2D eigenvalue weighted by Gasteiger charge is 2.15. The summed E-state index contributed by atoms with van der Waals surface area (Å²) >= 11 is 0. The quantitative estimate of drug-likeness (QED) is 0.334. The van der Waals surface area contributed by atoms with Crippen LogP contribution < -0.4 is 5.32 Å². The van der Waals surface area contributed by atoms with Gasteiger partial charge in [0.05, 0.1) is 18.2 Å². The summed E-state index contributed by atoms with van der Waals surface area (Å²) in [5.41, 5.74) is -0.0437. The number of nitrogens with zero attached hydrogens (tertiary/aromatic N) is 2. The van der Waals surface area contributed by atoms with Crippen molar-refractivity contribution >= 4 is 11.9 Å². The van der Waals surface area contributed by atoms with E-state index in [2.05, 4.69) is 29.1 Å². The standard InChI is InChI=1S/C21H34FN3O3/c1-5-25(6-2)14-10-11-17(4)23-21(28-16-15-27-7-3)24-20(26)18-12-8-9-13-19(18)22/h8-9,12-13,17H,5-7,10-11,14-16H2,1-4H3,(H,23,24,26)/t17-/m1/s1. The van der Waals surface area contributed by atoms with Crippen LogP contribution in [0.3, 0.4) is 0 Å². The van der Waals surface area contributed by atoms with Gasteiger partial charge in [-0.1, -0.05) is 26.0 Å². The Hall–Kier alpha value is -1.99. The molecule has 7 heteroatoms. The lowest BCUT2D eigenvalue weighted by Gasteiger charge is -2.18. The minimum atomic E-state index is -0.582. The second-order valence-electron chi connectivity index (χ2n) is 6.43. The van der Waals surface area contributed by atoms with Crippen LogP contribution in [-0.4, -0.2) is 62.3 Å². The SMILES string of the molecule is CCOCCOC(=N[C@H](C)CCCN(CC)CC)NC(=O)c1ccccc1F. The van der Waals surface area contributed by atoms with E-state index < -0.39 is 11.7 Å². The Labute approximate surface area is 168 Å². The van der Waals surface area contributed by atoms with Crippen molar-refractivity contribution < 1.29 is 18.7 Å². The van der Waals surface area contributed by atoms with Crippen molar-refractivity contribution in [3.8, 4) is 0 Å². The molecule has 28 heavy (non-hydrogen) atoms. The Morgan fingerprint density at radius 3 is 2.57 bits per heavy atom. The van der Waals surface area contributed by atoms with Crippen molar-refractivity contribution in [2.45, 2.75) is 46.6 Å². The first-order chi connectivity index (χ1) is 13.5. The lowest BCUT2D eigenvalue weighted by atomic mass is 10.2. The Kier molecular flexibility index (Phi) is 12.1. The summed E-state index contributed by atoms with van der Waals surface area (Å²) in [4.78, 5) is 19.2. The molecule has 0 aliphatic rings. The average Bonchev–Trinajstić information content (AvgIpc) is 2.68. The van der Waals surface area contributed by atoms with E-state index in [1.54, 1.807) is 6.07 Å². The number of nitrogens with one attached hydrogen (secondary N) is 1. The third-order valence-corrected chi connectivity index (χ3v) is 4.34. The van der Waals surface area contributed by atoms with E-state index in [0.29, 0.717) is 13.2 Å². The van der Waals surface area contributed by atoms with Crippen LogP contribution in [0.5, 0.6) is 0 Å². The smallest absolute Gasteiger partial charge is 0.292 e. The van der Waals surface area contributed by atoms with Crippen molar-refractivity contribution in [3.05, 3.63) is 35.6 Å². The summed E-state index contributed by atoms with van der Waals surface area (Å²) in [6.07, 6.45) is 1.87. The zero-order valence-electron chi connectivity index (χ0n) is 17.5. The molecule has 0 radical (unpaired) electrons. The number of carbonyl (C=O) groups excluding carboxylic acids is 1. The maximum Gasteiger partial charge on any atom is 0.292 e. The molecule has 0 bridgehead atoms. The van der Waals surface area contributed by atoms with Gasteiger partial charge in [0.2, 0.25) is 0 Å². The van der Waals surface area contributed by atoms with Gasteiger partial charge in [0.1, 0.15) is 12.4 Å². The minimum absolute atomic E-state index is 0.0291. The van der Waals surface area contributed by atoms with E-state index in [0.717, 1.165) is 32.5 Å². The highest BCUT2D eigenvalue weighted by molar-refractivity contribution is 6.04. The van der Waals surface area contributed by atoms with Crippen molar-refractivity contribution in [2.24, 2.45) is 4.99 Å². The first-order valence-electron chi connectivity index (χ1n) is 10.1. The Balaban J connectivity index is 2.70. The molecule has 0 aliphatic heterocycles. The molecule has 0 fully saturated rings. The number of ether oxygens (including phenoxy) is 2. The predicted octanol–water partition coefficient (Wildman–Crippen LogP) is 3.48. The molecule has 0 unspecified atom stereocenters. The summed E-state index contributed by atoms with van der Waals surface area (Å²) in [7, 11) is 0. The van der Waals surface area contributed by atoms with Crippen LogP contribution in [0.15, 0.2) is 29.3 Å². The van der Waals surface area contributed by atoms with Gasteiger partial charge < -0.3 is 14.4 Å². The van der Waals surface area contributed by atoms with Gasteiger partial charge in [-0.05, 0) is 58.5 Å². The van der Waals surface area contributed by atoms with E-state index in [1.165, 1.54) is 18.2 Å². The van der Waals surface area contributed by atoms with Gasteiger partial charge in [-0.3, -0.25) is 10.1 Å². The number of aliphatic imine (C=N–C) groups is 1. The summed E-state index contributed by atoms with van der Waals surface area (Å²) < 4.78 is 24.7. The largest absolute Gasteiger partial charge is 0.463 e. The predicted molar refractivity (Wildman–Crippen MR) is 110 cm³/mol. The van der Waals surface area contributed by atoms with Gasteiger partial charge in [-0.15, -0.1) is 0 Å². The Bertz CT molecular complexity index is 606. The molecule has 0 heterocycles. The van der Waals surface area contributed by atoms with Gasteiger partial charge in [0.15, 0.2) is 0 Å². The van der Waals surface area contributed by atoms with E-state index in [4.69, 9.17) is 9.47 Å². The third kappa shape index (κ3) is 9.28. The number of hydrogen-bond donors (Lipinski definition) is 1. The van der Waals surface area contributed by atoms with Gasteiger partial charge in [0.25, 0.3) is 11.9 Å². The van der Waals surface area contributed by atoms with Crippen LogP contribution >= 0.6 is 0 Å². The number of amidine groups is 1. The van der Waals surface area contributed by atoms with Crippen LogP contribution in [0.4, 0.5) is 4.39 Å². The normalized spacial score (nSPS) is 12.9. The zero-order chi connectivity index (χ0) is 20.8. The van der Waals surface area contributed by atoms with Gasteiger partial charge >= 0.3 is 0 Å². The molecule has 0 saturated carbocycles. The third-order valence-electron chi connectivity index (χ3n) is 4.34. The van der Waals surface area contributed by atoms with E-state index in [1.807, 2.05) is 13.8 Å². The van der Waals surface area contributed by atoms with Gasteiger partial charge in [0, 0.05) is 6.61 Å². The fourth-order valence-corrected chi connectivity index (χ4v) is 2.67. The molecule has 0 saturated heterocycles. The first-order valence-corrected chi connectivity index (χ1v) is 10.1. The molecule has 0 aromatic heterocycles. The molecule has 0 spiro atoms. The second kappa shape index (κ2) is 14.1. The number of halogens is 1. The maximum atomic E-state index is 13.8. The van der Waals surface area contributed by atoms with Crippen molar-refractivity contribution in [2.75, 3.05) is 39.5 Å². The average molecular weight is 396 g/mol. The Morgan fingerprint density at radius 1 is 1.21 bits per heavy atom. The van der Waals surface area contributed by atoms with Crippen LogP contribution in [-0.2, 0) is 9.47 Å². The fraction of sp³-hybridized carbons (Fsp3) is 0.619. The van der Waals surface area contributed by atoms with Gasteiger partial charge in [-0.25, -0.2) is 9.38 Å². The lowest BCUT2D eigenvalue weighted by Crippen LogP contribution is -2.35. The molecular weight excluding hydrogens is 361 g/mol. The summed E-state index contributed by atoms with van der Waals surface area (Å²) in [5.74, 6) is -1.16. The minimum Gasteiger partial charge on any atom is -0.463 e. The second-order valence-corrected chi connectivity index (χ2v) is 6.43. The lowest BCUT2D eigenvalue weighted by molar-refractivity contribution is 0.0918. The van der Waals surface area contributed by atoms with Crippen LogP contribution in [0.2, 0.25) is 0 Å². The number of carbonyl (C=O) groups is 1. The molecule has 0 aliphatic carbocycles. The summed E-state index contributed by atoms with van der Waals surface area (Å²) in [6.45, 7) is 12.5. The van der Waals surface area contributed by atoms with E-state index in [9.17, 15) is 9.18 Å². The molecule has 6 nitrogen and oxygen atoms in total. The number of amides is 1. The highest BCUT2D eigenvalue weighted by Crippen LogP contribution is 2.07. The van der Waals surface area contributed by atoms with Crippen LogP contribution in [0.1, 0.15) is 50.9 Å². The van der Waals surface area contributed by atoms with Gasteiger partial charge in [-0.2, -0.15) is 0 Å². The van der Waals surface area contributed by atoms with Crippen LogP contribution in [0.25, 0.3) is 0 Å². The highest BCUT2D eigenvalue weighted by atomic mass is 19.1. The monoisotopic (exact) mass is 395 g/mol. The first kappa shape index (κ1) is 24.0. The molecule has 1 atom stereocenters. The fourth-order valence-electron chi connectivity index (χ4n) is 2.67. The molecule has 1 aromatic rings. The van der Waals surface area contributed by atoms with Crippen molar-refractivity contribution in [1.29, 1.82) is 0 Å². The van der Waals surface area contributed by atoms with Crippen LogP contribution in [0, 0.1) is 5.82 Å².